The smallest absolute Gasteiger partial charge is 0.262 e. The monoisotopic (exact) mass is 499 g/mol. The Bertz CT molecular complexity index is 1350. The molecule has 1 saturated heterocycles. The van der Waals surface area contributed by atoms with Gasteiger partial charge in [0.1, 0.15) is 5.75 Å². The Morgan fingerprint density at radius 3 is 2.59 bits per heavy atom. The molecule has 8 nitrogen and oxygen atoms in total. The van der Waals surface area contributed by atoms with Gasteiger partial charge in [0, 0.05) is 29.4 Å². The second-order valence-corrected chi connectivity index (χ2v) is 9.83. The lowest BCUT2D eigenvalue weighted by molar-refractivity contribution is -0.122. The quantitative estimate of drug-likeness (QED) is 0.508. The number of benzene rings is 3. The van der Waals surface area contributed by atoms with Gasteiger partial charge >= 0.3 is 0 Å². The Morgan fingerprint density at radius 1 is 1.06 bits per heavy atom. The second kappa shape index (κ2) is 9.74. The predicted octanol–water partition coefficient (Wildman–Crippen LogP) is 4.14. The zero-order chi connectivity index (χ0) is 24.3. The number of anilines is 3. The fourth-order valence-electron chi connectivity index (χ4n) is 3.69. The highest BCUT2D eigenvalue weighted by molar-refractivity contribution is 7.92. The van der Waals surface area contributed by atoms with E-state index < -0.39 is 15.9 Å². The van der Waals surface area contributed by atoms with Gasteiger partial charge in [-0.1, -0.05) is 35.9 Å². The predicted molar refractivity (Wildman–Crippen MR) is 131 cm³/mol. The van der Waals surface area contributed by atoms with Crippen LogP contribution in [-0.4, -0.2) is 33.9 Å². The molecule has 3 aromatic rings. The largest absolute Gasteiger partial charge is 0.495 e. The number of ether oxygens (including phenoxy) is 1. The van der Waals surface area contributed by atoms with E-state index >= 15 is 0 Å². The maximum Gasteiger partial charge on any atom is 0.262 e. The highest BCUT2D eigenvalue weighted by Crippen LogP contribution is 2.29. The van der Waals surface area contributed by atoms with Crippen LogP contribution < -0.4 is 19.7 Å². The number of nitrogens with one attached hydrogen (secondary N) is 2. The van der Waals surface area contributed by atoms with E-state index in [0.717, 1.165) is 0 Å². The summed E-state index contributed by atoms with van der Waals surface area (Å²) in [7, 11) is -2.49. The van der Waals surface area contributed by atoms with Crippen molar-refractivity contribution in [3.05, 3.63) is 77.8 Å². The highest BCUT2D eigenvalue weighted by Gasteiger charge is 2.35. The molecule has 0 bridgehead atoms. The van der Waals surface area contributed by atoms with Crippen LogP contribution in [0.2, 0.25) is 5.02 Å². The number of hydrogen-bond donors (Lipinski definition) is 2. The molecule has 0 aromatic heterocycles. The third kappa shape index (κ3) is 5.16. The van der Waals surface area contributed by atoms with Crippen molar-refractivity contribution in [2.24, 2.45) is 5.92 Å². The number of methoxy groups -OCH3 is 1. The second-order valence-electron chi connectivity index (χ2n) is 7.71. The summed E-state index contributed by atoms with van der Waals surface area (Å²) in [6.07, 6.45) is 0.0473. The Hall–Kier alpha value is -3.56. The minimum atomic E-state index is -3.94. The fourth-order valence-corrected chi connectivity index (χ4v) is 5.00. The number of amides is 2. The lowest BCUT2D eigenvalue weighted by atomic mass is 10.1. The normalized spacial score (nSPS) is 15.8. The summed E-state index contributed by atoms with van der Waals surface area (Å²) in [6, 6.07) is 19.4. The third-order valence-corrected chi connectivity index (χ3v) is 6.98. The Morgan fingerprint density at radius 2 is 1.82 bits per heavy atom. The van der Waals surface area contributed by atoms with Crippen molar-refractivity contribution in [1.29, 1.82) is 0 Å². The third-order valence-electron chi connectivity index (χ3n) is 5.38. The van der Waals surface area contributed by atoms with Crippen LogP contribution in [0.1, 0.15) is 6.42 Å². The minimum absolute atomic E-state index is 0.0285. The van der Waals surface area contributed by atoms with Crippen LogP contribution in [0.4, 0.5) is 17.1 Å². The van der Waals surface area contributed by atoms with Gasteiger partial charge in [0.2, 0.25) is 11.8 Å². The zero-order valence-electron chi connectivity index (χ0n) is 18.2. The maximum absolute atomic E-state index is 12.9. The van der Waals surface area contributed by atoms with E-state index in [1.54, 1.807) is 54.6 Å². The van der Waals surface area contributed by atoms with Crippen LogP contribution in [0.3, 0.4) is 0 Å². The summed E-state index contributed by atoms with van der Waals surface area (Å²) in [5.74, 6) is -0.756. The van der Waals surface area contributed by atoms with Gasteiger partial charge in [0.25, 0.3) is 10.0 Å². The van der Waals surface area contributed by atoms with Crippen LogP contribution in [0.15, 0.2) is 77.7 Å². The van der Waals surface area contributed by atoms with E-state index in [9.17, 15) is 18.0 Å². The van der Waals surface area contributed by atoms with Crippen molar-refractivity contribution in [3.8, 4) is 5.75 Å². The summed E-state index contributed by atoms with van der Waals surface area (Å²) in [5.41, 5.74) is 1.23. The molecule has 2 N–H and O–H groups in total. The number of rotatable bonds is 7. The molecular weight excluding hydrogens is 478 g/mol. The first-order chi connectivity index (χ1) is 16.3. The number of sulfonamides is 1. The number of para-hydroxylation sites is 2. The molecule has 0 saturated carbocycles. The summed E-state index contributed by atoms with van der Waals surface area (Å²) in [5, 5.41) is 3.22. The van der Waals surface area contributed by atoms with Crippen LogP contribution in [-0.2, 0) is 19.6 Å². The topological polar surface area (TPSA) is 105 Å². The zero-order valence-corrected chi connectivity index (χ0v) is 19.8. The van der Waals surface area contributed by atoms with Crippen LogP contribution in [0, 0.1) is 5.92 Å². The maximum atomic E-state index is 12.9. The first kappa shape index (κ1) is 23.6. The van der Waals surface area contributed by atoms with Crippen molar-refractivity contribution < 1.29 is 22.7 Å². The Balaban J connectivity index is 1.47. The van der Waals surface area contributed by atoms with Gasteiger partial charge in [0.05, 0.1) is 23.6 Å². The molecule has 1 aliphatic heterocycles. The molecule has 1 atom stereocenters. The summed E-state index contributed by atoms with van der Waals surface area (Å²) >= 11 is 6.02. The molecule has 4 rings (SSSR count). The van der Waals surface area contributed by atoms with E-state index in [2.05, 4.69) is 10.0 Å². The fraction of sp³-hybridized carbons (Fsp3) is 0.167. The molecule has 2 amide bonds. The van der Waals surface area contributed by atoms with Crippen molar-refractivity contribution >= 4 is 50.5 Å². The molecular formula is C24H22ClN3O5S. The van der Waals surface area contributed by atoms with E-state index in [1.807, 2.05) is 0 Å². The summed E-state index contributed by atoms with van der Waals surface area (Å²) in [4.78, 5) is 26.8. The molecule has 10 heteroatoms. The van der Waals surface area contributed by atoms with Gasteiger partial charge in [-0.15, -0.1) is 0 Å². The number of carbonyl (C=O) groups excluding carboxylic acids is 2. The number of hydrogen-bond acceptors (Lipinski definition) is 5. The standard InChI is InChI=1S/C24H22ClN3O5S/c1-33-22-11-3-2-10-21(22)27-34(31,32)20-9-5-7-18(14-20)26-24(30)16-12-23(29)28(15-16)19-8-4-6-17(25)13-19/h2-11,13-14,16,27H,12,15H2,1H3,(H,26,30). The summed E-state index contributed by atoms with van der Waals surface area (Å²) < 4.78 is 33.5. The average molecular weight is 500 g/mol. The molecule has 0 spiro atoms. The van der Waals surface area contributed by atoms with Gasteiger partial charge in [-0.2, -0.15) is 0 Å². The lowest BCUT2D eigenvalue weighted by Gasteiger charge is -2.17. The van der Waals surface area contributed by atoms with Gasteiger partial charge in [0.15, 0.2) is 0 Å². The Labute approximate surface area is 202 Å². The van der Waals surface area contributed by atoms with E-state index in [4.69, 9.17) is 16.3 Å². The molecule has 0 aliphatic carbocycles. The molecule has 1 heterocycles. The van der Waals surface area contributed by atoms with Crippen LogP contribution >= 0.6 is 11.6 Å². The molecule has 1 fully saturated rings. The highest BCUT2D eigenvalue weighted by atomic mass is 35.5. The van der Waals surface area contributed by atoms with Gasteiger partial charge in [-0.05, 0) is 48.5 Å². The van der Waals surface area contributed by atoms with E-state index in [0.29, 0.717) is 27.8 Å². The molecule has 34 heavy (non-hydrogen) atoms. The Kier molecular flexibility index (Phi) is 6.76. The van der Waals surface area contributed by atoms with Crippen molar-refractivity contribution in [3.63, 3.8) is 0 Å². The van der Waals surface area contributed by atoms with E-state index in [-0.39, 0.29) is 29.7 Å². The van der Waals surface area contributed by atoms with Gasteiger partial charge < -0.3 is 15.0 Å². The van der Waals surface area contributed by atoms with E-state index in [1.165, 1.54) is 30.2 Å². The lowest BCUT2D eigenvalue weighted by Crippen LogP contribution is -2.28. The minimum Gasteiger partial charge on any atom is -0.495 e. The van der Waals surface area contributed by atoms with Gasteiger partial charge in [-0.3, -0.25) is 14.3 Å². The SMILES string of the molecule is COc1ccccc1NS(=O)(=O)c1cccc(NC(=O)C2CC(=O)N(c3cccc(Cl)c3)C2)c1. The number of nitrogens with zero attached hydrogens (tertiary/aromatic N) is 1. The first-order valence-corrected chi connectivity index (χ1v) is 12.3. The first-order valence-electron chi connectivity index (χ1n) is 10.4. The molecule has 3 aromatic carbocycles. The van der Waals surface area contributed by atoms with Crippen molar-refractivity contribution in [2.75, 3.05) is 28.6 Å². The number of halogens is 1. The summed E-state index contributed by atoms with van der Waals surface area (Å²) in [6.45, 7) is 0.207. The van der Waals surface area contributed by atoms with Crippen molar-refractivity contribution in [1.82, 2.24) is 0 Å². The number of carbonyl (C=O) groups is 2. The van der Waals surface area contributed by atoms with Gasteiger partial charge in [-0.25, -0.2) is 8.42 Å². The van der Waals surface area contributed by atoms with Crippen molar-refractivity contribution in [2.45, 2.75) is 11.3 Å². The van der Waals surface area contributed by atoms with Crippen LogP contribution in [0.5, 0.6) is 5.75 Å². The van der Waals surface area contributed by atoms with Crippen LogP contribution in [0.25, 0.3) is 0 Å². The molecule has 0 radical (unpaired) electrons. The molecule has 176 valence electrons. The molecule has 1 unspecified atom stereocenters. The average Bonchev–Trinajstić information content (AvgIpc) is 3.21. The molecule has 1 aliphatic rings.